The molecule has 2 aromatic rings. The monoisotopic (exact) mass is 202 g/mol. The molecule has 0 unspecified atom stereocenters. The second kappa shape index (κ2) is 4.38. The Hall–Kier alpha value is -1.15. The van der Waals surface area contributed by atoms with E-state index >= 15 is 0 Å². The van der Waals surface area contributed by atoms with Gasteiger partial charge in [0.1, 0.15) is 5.01 Å². The highest BCUT2D eigenvalue weighted by molar-refractivity contribution is 7.15. The van der Waals surface area contributed by atoms with E-state index in [4.69, 9.17) is 0 Å². The maximum Gasteiger partial charge on any atom is 0.123 e. The highest BCUT2D eigenvalue weighted by atomic mass is 32.1. The van der Waals surface area contributed by atoms with E-state index < -0.39 is 0 Å². The first kappa shape index (κ1) is 9.41. The molecule has 71 valence electrons. The molecule has 0 atom stereocenters. The lowest BCUT2D eigenvalue weighted by Crippen LogP contribution is -1.72. The topological polar surface area (TPSA) is 12.9 Å². The predicted molar refractivity (Wildman–Crippen MR) is 61.2 cm³/mol. The minimum Gasteiger partial charge on any atom is -0.244 e. The van der Waals surface area contributed by atoms with Crippen LogP contribution in [0.4, 0.5) is 0 Å². The predicted octanol–water partition coefficient (Wildman–Crippen LogP) is 3.58. The Morgan fingerprint density at radius 1 is 1.21 bits per heavy atom. The van der Waals surface area contributed by atoms with Crippen molar-refractivity contribution in [2.75, 3.05) is 0 Å². The molecule has 0 spiro atoms. The first-order valence-corrected chi connectivity index (χ1v) is 5.51. The van der Waals surface area contributed by atoms with E-state index in [1.165, 1.54) is 10.4 Å². The summed E-state index contributed by atoms with van der Waals surface area (Å²) < 4.78 is 0. The number of rotatable bonds is 3. The van der Waals surface area contributed by atoms with Crippen molar-refractivity contribution in [1.29, 1.82) is 0 Å². The molecule has 0 amide bonds. The number of nitrogens with zero attached hydrogens (tertiary/aromatic N) is 1. The second-order valence-corrected chi connectivity index (χ2v) is 4.22. The van der Waals surface area contributed by atoms with Crippen LogP contribution in [-0.4, -0.2) is 4.98 Å². The van der Waals surface area contributed by atoms with Crippen molar-refractivity contribution >= 4 is 11.3 Å². The standard InChI is InChI=1S/C12H12NS/c1-2-6-11-9-13-12(14-11)10-7-4-3-5-8-10/h3-5,7-9H,1-2,6H2. The Labute approximate surface area is 88.4 Å². The lowest BCUT2D eigenvalue weighted by Gasteiger charge is -1.93. The zero-order valence-corrected chi connectivity index (χ0v) is 8.76. The Kier molecular flexibility index (Phi) is 2.94. The van der Waals surface area contributed by atoms with Crippen LogP contribution in [0.1, 0.15) is 11.3 Å². The molecule has 0 saturated carbocycles. The minimum atomic E-state index is 0.941. The largest absolute Gasteiger partial charge is 0.244 e. The zero-order valence-electron chi connectivity index (χ0n) is 7.94. The van der Waals surface area contributed by atoms with Crippen LogP contribution in [0.5, 0.6) is 0 Å². The van der Waals surface area contributed by atoms with Gasteiger partial charge in [0.2, 0.25) is 0 Å². The molecule has 1 aromatic heterocycles. The summed E-state index contributed by atoms with van der Waals surface area (Å²) in [5, 5.41) is 1.11. The summed E-state index contributed by atoms with van der Waals surface area (Å²) in [6.45, 7) is 3.84. The minimum absolute atomic E-state index is 0.941. The Morgan fingerprint density at radius 3 is 2.71 bits per heavy atom. The van der Waals surface area contributed by atoms with E-state index in [-0.39, 0.29) is 0 Å². The maximum atomic E-state index is 4.40. The molecule has 0 aliphatic heterocycles. The summed E-state index contributed by atoms with van der Waals surface area (Å²) in [6, 6.07) is 10.3. The average Bonchev–Trinajstić information content (AvgIpc) is 2.68. The van der Waals surface area contributed by atoms with Gasteiger partial charge in [-0.25, -0.2) is 4.98 Å². The maximum absolute atomic E-state index is 4.40. The third-order valence-electron chi connectivity index (χ3n) is 2.00. The van der Waals surface area contributed by atoms with Gasteiger partial charge in [-0.2, -0.15) is 0 Å². The highest BCUT2D eigenvalue weighted by Gasteiger charge is 2.02. The fraction of sp³-hybridized carbons (Fsp3) is 0.167. The van der Waals surface area contributed by atoms with Crippen molar-refractivity contribution in [3.8, 4) is 10.6 Å². The van der Waals surface area contributed by atoms with Gasteiger partial charge in [0, 0.05) is 16.6 Å². The number of aryl methyl sites for hydroxylation is 1. The number of hydrogen-bond acceptors (Lipinski definition) is 2. The van der Waals surface area contributed by atoms with Gasteiger partial charge in [-0.1, -0.05) is 37.3 Å². The normalized spacial score (nSPS) is 10.4. The smallest absolute Gasteiger partial charge is 0.123 e. The van der Waals surface area contributed by atoms with Crippen molar-refractivity contribution in [3.63, 3.8) is 0 Å². The van der Waals surface area contributed by atoms with Crippen molar-refractivity contribution in [1.82, 2.24) is 4.98 Å². The molecular weight excluding hydrogens is 190 g/mol. The molecule has 0 fully saturated rings. The Bertz CT molecular complexity index is 392. The van der Waals surface area contributed by atoms with Crippen LogP contribution in [0.3, 0.4) is 0 Å². The van der Waals surface area contributed by atoms with Crippen LogP contribution in [0.15, 0.2) is 36.5 Å². The summed E-state index contributed by atoms with van der Waals surface area (Å²) in [4.78, 5) is 5.71. The molecule has 1 radical (unpaired) electrons. The van der Waals surface area contributed by atoms with E-state index in [2.05, 4.69) is 24.0 Å². The first-order valence-electron chi connectivity index (χ1n) is 4.69. The SMILES string of the molecule is [CH2]CCc1cnc(-c2ccccc2)s1. The molecule has 2 rings (SSSR count). The van der Waals surface area contributed by atoms with Crippen LogP contribution in [0, 0.1) is 6.92 Å². The molecule has 2 heteroatoms. The number of aromatic nitrogens is 1. The van der Waals surface area contributed by atoms with E-state index in [9.17, 15) is 0 Å². The van der Waals surface area contributed by atoms with Crippen LogP contribution in [0.25, 0.3) is 10.6 Å². The van der Waals surface area contributed by atoms with Crippen LogP contribution in [-0.2, 0) is 6.42 Å². The summed E-state index contributed by atoms with van der Waals surface area (Å²) in [5.74, 6) is 0. The van der Waals surface area contributed by atoms with Gasteiger partial charge in [-0.3, -0.25) is 0 Å². The fourth-order valence-corrected chi connectivity index (χ4v) is 2.27. The van der Waals surface area contributed by atoms with Gasteiger partial charge in [0.05, 0.1) is 0 Å². The van der Waals surface area contributed by atoms with E-state index in [1.807, 2.05) is 24.4 Å². The van der Waals surface area contributed by atoms with Gasteiger partial charge < -0.3 is 0 Å². The molecular formula is C12H12NS. The summed E-state index contributed by atoms with van der Waals surface area (Å²) in [6.07, 6.45) is 3.93. The summed E-state index contributed by atoms with van der Waals surface area (Å²) in [5.41, 5.74) is 1.20. The summed E-state index contributed by atoms with van der Waals surface area (Å²) in [7, 11) is 0. The van der Waals surface area contributed by atoms with Crippen molar-refractivity contribution in [3.05, 3.63) is 48.3 Å². The zero-order chi connectivity index (χ0) is 9.80. The van der Waals surface area contributed by atoms with Crippen molar-refractivity contribution in [2.45, 2.75) is 12.8 Å². The number of thiazole rings is 1. The molecule has 0 bridgehead atoms. The van der Waals surface area contributed by atoms with Gasteiger partial charge in [0.15, 0.2) is 0 Å². The van der Waals surface area contributed by atoms with Gasteiger partial charge >= 0.3 is 0 Å². The first-order chi connectivity index (χ1) is 6.90. The van der Waals surface area contributed by atoms with Crippen LogP contribution >= 0.6 is 11.3 Å². The molecule has 0 saturated heterocycles. The molecule has 1 heterocycles. The highest BCUT2D eigenvalue weighted by Crippen LogP contribution is 2.25. The molecule has 14 heavy (non-hydrogen) atoms. The molecule has 1 nitrogen and oxygen atoms in total. The summed E-state index contributed by atoms with van der Waals surface area (Å²) >= 11 is 1.76. The Morgan fingerprint density at radius 2 is 2.00 bits per heavy atom. The van der Waals surface area contributed by atoms with Gasteiger partial charge in [0.25, 0.3) is 0 Å². The molecule has 1 aromatic carbocycles. The quantitative estimate of drug-likeness (QED) is 0.741. The molecule has 0 aliphatic rings. The van der Waals surface area contributed by atoms with Crippen molar-refractivity contribution < 1.29 is 0 Å². The number of benzene rings is 1. The fourth-order valence-electron chi connectivity index (χ4n) is 1.31. The second-order valence-electron chi connectivity index (χ2n) is 3.10. The Balaban J connectivity index is 2.25. The van der Waals surface area contributed by atoms with Gasteiger partial charge in [-0.05, 0) is 12.8 Å². The van der Waals surface area contributed by atoms with E-state index in [0.29, 0.717) is 0 Å². The van der Waals surface area contributed by atoms with Crippen molar-refractivity contribution in [2.24, 2.45) is 0 Å². The van der Waals surface area contributed by atoms with Gasteiger partial charge in [-0.15, -0.1) is 11.3 Å². The van der Waals surface area contributed by atoms with E-state index in [1.54, 1.807) is 11.3 Å². The van der Waals surface area contributed by atoms with Crippen LogP contribution < -0.4 is 0 Å². The third-order valence-corrected chi connectivity index (χ3v) is 3.10. The molecule has 0 N–H and O–H groups in total. The van der Waals surface area contributed by atoms with Crippen LogP contribution in [0.2, 0.25) is 0 Å². The number of hydrogen-bond donors (Lipinski definition) is 0. The lowest BCUT2D eigenvalue weighted by molar-refractivity contribution is 1.02. The lowest BCUT2D eigenvalue weighted by atomic mass is 10.2. The third kappa shape index (κ3) is 2.02. The molecule has 0 aliphatic carbocycles. The average molecular weight is 202 g/mol. The van der Waals surface area contributed by atoms with E-state index in [0.717, 1.165) is 17.8 Å².